The first-order valence-electron chi connectivity index (χ1n) is 10.2. The van der Waals surface area contributed by atoms with Crippen LogP contribution in [0, 0.1) is 6.92 Å². The number of nitrogens with one attached hydrogen (secondary N) is 2. The number of anilines is 1. The first kappa shape index (κ1) is 21.5. The van der Waals surface area contributed by atoms with E-state index < -0.39 is 12.5 Å². The molecule has 166 valence electrons. The fourth-order valence-corrected chi connectivity index (χ4v) is 4.00. The molecule has 0 fully saturated rings. The Hall–Kier alpha value is -3.68. The number of aromatic amines is 1. The van der Waals surface area contributed by atoms with Crippen LogP contribution in [0.2, 0.25) is 0 Å². The van der Waals surface area contributed by atoms with Gasteiger partial charge in [0.25, 0.3) is 5.91 Å². The Kier molecular flexibility index (Phi) is 5.94. The van der Waals surface area contributed by atoms with Crippen molar-refractivity contribution in [3.05, 3.63) is 65.0 Å². The number of ketones is 1. The topological polar surface area (TPSA) is 80.4 Å². The van der Waals surface area contributed by atoms with Crippen molar-refractivity contribution in [2.24, 2.45) is 0 Å². The summed E-state index contributed by atoms with van der Waals surface area (Å²) in [5.41, 5.74) is 3.74. The van der Waals surface area contributed by atoms with E-state index in [2.05, 4.69) is 15.0 Å². The van der Waals surface area contributed by atoms with E-state index in [1.165, 1.54) is 19.2 Å². The predicted molar refractivity (Wildman–Crippen MR) is 116 cm³/mol. The van der Waals surface area contributed by atoms with Gasteiger partial charge in [0.05, 0.1) is 7.11 Å². The third-order valence-corrected chi connectivity index (χ3v) is 5.52. The smallest absolute Gasteiger partial charge is 0.387 e. The minimum Gasteiger partial charge on any atom is -0.497 e. The zero-order valence-electron chi connectivity index (χ0n) is 17.6. The van der Waals surface area contributed by atoms with Gasteiger partial charge in [0, 0.05) is 28.9 Å². The van der Waals surface area contributed by atoms with Gasteiger partial charge in [-0.2, -0.15) is 8.78 Å². The molecule has 2 N–H and O–H groups in total. The van der Waals surface area contributed by atoms with Gasteiger partial charge in [-0.25, -0.2) is 0 Å². The molecular formula is C24H22F2N2O4. The fraction of sp³-hybridized carbons (Fsp3) is 0.250. The number of Topliss-reactive ketones (excluding diaryl/α,β-unsaturated/α-hetero) is 1. The Bertz CT molecular complexity index is 1170. The number of hydrogen-bond acceptors (Lipinski definition) is 4. The minimum atomic E-state index is -2.99. The zero-order chi connectivity index (χ0) is 22.8. The Balaban J connectivity index is 1.65. The van der Waals surface area contributed by atoms with E-state index in [4.69, 9.17) is 4.74 Å². The van der Waals surface area contributed by atoms with E-state index in [1.54, 1.807) is 37.3 Å². The van der Waals surface area contributed by atoms with Crippen molar-refractivity contribution < 1.29 is 27.8 Å². The summed E-state index contributed by atoms with van der Waals surface area (Å²) in [6, 6.07) is 11.3. The molecule has 0 saturated carbocycles. The maximum atomic E-state index is 12.9. The van der Waals surface area contributed by atoms with Crippen molar-refractivity contribution in [2.45, 2.75) is 32.8 Å². The van der Waals surface area contributed by atoms with Crippen LogP contribution < -0.4 is 14.8 Å². The standard InChI is InChI=1S/C24H22F2N2O4/c1-13-21-18(4-3-5-19(21)29)28-22(13)23(30)27-15-8-11-20(32-24(25)26)17(12-15)14-6-9-16(31-2)10-7-14/h6-12,24,28H,3-5H2,1-2H3,(H,27,30). The molecule has 0 aliphatic heterocycles. The van der Waals surface area contributed by atoms with Crippen LogP contribution in [-0.4, -0.2) is 30.4 Å². The lowest BCUT2D eigenvalue weighted by atomic mass is 9.94. The molecule has 1 amide bonds. The van der Waals surface area contributed by atoms with E-state index in [-0.39, 0.29) is 11.5 Å². The number of H-pyrrole nitrogens is 1. The lowest BCUT2D eigenvalue weighted by molar-refractivity contribution is -0.0494. The van der Waals surface area contributed by atoms with Gasteiger partial charge in [-0.3, -0.25) is 9.59 Å². The summed E-state index contributed by atoms with van der Waals surface area (Å²) >= 11 is 0. The number of alkyl halides is 2. The average molecular weight is 440 g/mol. The molecule has 4 rings (SSSR count). The molecular weight excluding hydrogens is 418 g/mol. The van der Waals surface area contributed by atoms with Crippen LogP contribution in [0.3, 0.4) is 0 Å². The highest BCUT2D eigenvalue weighted by Crippen LogP contribution is 2.35. The molecule has 2 aromatic carbocycles. The van der Waals surface area contributed by atoms with Gasteiger partial charge >= 0.3 is 6.61 Å². The number of fused-ring (bicyclic) bond motifs is 1. The van der Waals surface area contributed by atoms with Crippen LogP contribution >= 0.6 is 0 Å². The highest BCUT2D eigenvalue weighted by atomic mass is 19.3. The Morgan fingerprint density at radius 1 is 1.12 bits per heavy atom. The number of carbonyl (C=O) groups is 2. The monoisotopic (exact) mass is 440 g/mol. The third kappa shape index (κ3) is 4.21. The van der Waals surface area contributed by atoms with Crippen LogP contribution in [0.5, 0.6) is 11.5 Å². The predicted octanol–water partition coefficient (Wildman–Crippen LogP) is 5.37. The second kappa shape index (κ2) is 8.82. The van der Waals surface area contributed by atoms with Gasteiger partial charge in [0.15, 0.2) is 5.78 Å². The number of amides is 1. The molecule has 0 unspecified atom stereocenters. The Labute approximate surface area is 183 Å². The zero-order valence-corrected chi connectivity index (χ0v) is 17.6. The van der Waals surface area contributed by atoms with Crippen LogP contribution in [-0.2, 0) is 6.42 Å². The Morgan fingerprint density at radius 2 is 1.88 bits per heavy atom. The molecule has 0 bridgehead atoms. The fourth-order valence-electron chi connectivity index (χ4n) is 4.00. The summed E-state index contributed by atoms with van der Waals surface area (Å²) in [6.07, 6.45) is 1.95. The lowest BCUT2D eigenvalue weighted by Gasteiger charge is -2.14. The molecule has 8 heteroatoms. The number of hydrogen-bond donors (Lipinski definition) is 2. The van der Waals surface area contributed by atoms with Crippen LogP contribution in [0.1, 0.15) is 44.9 Å². The van der Waals surface area contributed by atoms with Crippen molar-refractivity contribution in [1.82, 2.24) is 4.98 Å². The normalized spacial score (nSPS) is 13.1. The molecule has 0 atom stereocenters. The first-order chi connectivity index (χ1) is 15.4. The van der Waals surface area contributed by atoms with E-state index in [0.29, 0.717) is 45.8 Å². The van der Waals surface area contributed by atoms with E-state index in [0.717, 1.165) is 18.5 Å². The maximum Gasteiger partial charge on any atom is 0.387 e. The molecule has 1 aromatic heterocycles. The van der Waals surface area contributed by atoms with E-state index >= 15 is 0 Å². The van der Waals surface area contributed by atoms with Gasteiger partial charge in [-0.05, 0) is 61.2 Å². The summed E-state index contributed by atoms with van der Waals surface area (Å²) in [4.78, 5) is 28.2. The number of methoxy groups -OCH3 is 1. The summed E-state index contributed by atoms with van der Waals surface area (Å²) in [7, 11) is 1.53. The third-order valence-electron chi connectivity index (χ3n) is 5.52. The number of benzene rings is 2. The maximum absolute atomic E-state index is 12.9. The lowest BCUT2D eigenvalue weighted by Crippen LogP contribution is -2.14. The number of rotatable bonds is 6. The number of ether oxygens (including phenoxy) is 2. The molecule has 3 aromatic rings. The highest BCUT2D eigenvalue weighted by Gasteiger charge is 2.26. The van der Waals surface area contributed by atoms with Gasteiger partial charge in [0.2, 0.25) is 0 Å². The number of aryl methyl sites for hydroxylation is 1. The second-order valence-corrected chi connectivity index (χ2v) is 7.53. The van der Waals surface area contributed by atoms with Crippen LogP contribution in [0.4, 0.5) is 14.5 Å². The molecule has 1 aliphatic rings. The SMILES string of the molecule is COc1ccc(-c2cc(NC(=O)c3[nH]c4c(c3C)C(=O)CCC4)ccc2OC(F)F)cc1. The van der Waals surface area contributed by atoms with E-state index in [1.807, 2.05) is 0 Å². The van der Waals surface area contributed by atoms with Gasteiger partial charge in [0.1, 0.15) is 17.2 Å². The highest BCUT2D eigenvalue weighted by molar-refractivity contribution is 6.08. The summed E-state index contributed by atoms with van der Waals surface area (Å²) < 4.78 is 35.6. The molecule has 0 saturated heterocycles. The van der Waals surface area contributed by atoms with E-state index in [9.17, 15) is 18.4 Å². The van der Waals surface area contributed by atoms with Crippen molar-refractivity contribution in [1.29, 1.82) is 0 Å². The number of halogens is 2. The van der Waals surface area contributed by atoms with Crippen molar-refractivity contribution in [2.75, 3.05) is 12.4 Å². The average Bonchev–Trinajstić information content (AvgIpc) is 3.12. The number of carbonyl (C=O) groups excluding carboxylic acids is 2. The molecule has 1 heterocycles. The summed E-state index contributed by atoms with van der Waals surface area (Å²) in [5.74, 6) is 0.234. The number of aromatic nitrogens is 1. The summed E-state index contributed by atoms with van der Waals surface area (Å²) in [5, 5.41) is 2.79. The largest absolute Gasteiger partial charge is 0.497 e. The van der Waals surface area contributed by atoms with Crippen LogP contribution in [0.15, 0.2) is 42.5 Å². The quantitative estimate of drug-likeness (QED) is 0.540. The van der Waals surface area contributed by atoms with Crippen molar-refractivity contribution >= 4 is 17.4 Å². The van der Waals surface area contributed by atoms with Gasteiger partial charge in [-0.1, -0.05) is 12.1 Å². The second-order valence-electron chi connectivity index (χ2n) is 7.53. The Morgan fingerprint density at radius 3 is 2.53 bits per heavy atom. The summed E-state index contributed by atoms with van der Waals surface area (Å²) in [6.45, 7) is -1.24. The molecule has 32 heavy (non-hydrogen) atoms. The molecule has 0 spiro atoms. The van der Waals surface area contributed by atoms with Gasteiger partial charge < -0.3 is 19.8 Å². The first-order valence-corrected chi connectivity index (χ1v) is 10.2. The van der Waals surface area contributed by atoms with Crippen LogP contribution in [0.25, 0.3) is 11.1 Å². The van der Waals surface area contributed by atoms with Crippen molar-refractivity contribution in [3.8, 4) is 22.6 Å². The molecule has 1 aliphatic carbocycles. The molecule has 6 nitrogen and oxygen atoms in total. The molecule has 0 radical (unpaired) electrons. The minimum absolute atomic E-state index is 0.0136. The van der Waals surface area contributed by atoms with Gasteiger partial charge in [-0.15, -0.1) is 0 Å². The van der Waals surface area contributed by atoms with Crippen molar-refractivity contribution in [3.63, 3.8) is 0 Å².